The molecule has 11 heteroatoms. The molecule has 0 radical (unpaired) electrons. The number of thiazole rings is 1. The number of aryl methyl sites for hydroxylation is 2. The molecule has 1 amide bonds. The number of aromatic hydroxyl groups is 1. The maximum atomic E-state index is 13.6. The first-order chi connectivity index (χ1) is 21.1. The van der Waals surface area contributed by atoms with Crippen LogP contribution in [0.4, 0.5) is 5.13 Å². The van der Waals surface area contributed by atoms with Crippen molar-refractivity contribution in [2.24, 2.45) is 0 Å². The monoisotopic (exact) mass is 614 g/mol. The lowest BCUT2D eigenvalue weighted by Gasteiger charge is -2.23. The van der Waals surface area contributed by atoms with Crippen LogP contribution in [0.25, 0.3) is 5.76 Å². The number of carbonyl (C=O) groups is 3. The molecule has 4 aromatic rings. The third-order valence-electron chi connectivity index (χ3n) is 7.20. The smallest absolute Gasteiger partial charge is 0.350 e. The zero-order valence-corrected chi connectivity index (χ0v) is 25.3. The molecule has 1 atom stereocenters. The molecule has 1 aromatic heterocycles. The molecule has 1 aliphatic heterocycles. The standard InChI is InChI=1S/C33H30N2O8S/c1-5-42-32(40)30-19(3)34-33(44-30)35-27(21-12-15-24(36)25(16-21)41-4)26(29(38)31(35)39)28(37)20-10-13-23(14-11-20)43-17-22-9-7-6-8-18(22)2/h6-16,27,36-37H,5,17H2,1-4H3. The Balaban J connectivity index is 1.56. The minimum atomic E-state index is -1.15. The number of aromatic nitrogens is 1. The Labute approximate surface area is 257 Å². The summed E-state index contributed by atoms with van der Waals surface area (Å²) in [5.41, 5.74) is 2.92. The maximum absolute atomic E-state index is 13.6. The van der Waals surface area contributed by atoms with Crippen LogP contribution < -0.4 is 14.4 Å². The first-order valence-electron chi connectivity index (χ1n) is 13.7. The molecule has 0 spiro atoms. The molecule has 2 N–H and O–H groups in total. The van der Waals surface area contributed by atoms with Crippen molar-refractivity contribution in [3.05, 3.63) is 105 Å². The van der Waals surface area contributed by atoms with Gasteiger partial charge in [-0.3, -0.25) is 14.5 Å². The summed E-state index contributed by atoms with van der Waals surface area (Å²) in [7, 11) is 1.37. The number of Topliss-reactive ketones (excluding diaryl/α,β-unsaturated/α-hetero) is 1. The SMILES string of the molecule is CCOC(=O)c1sc(N2C(=O)C(=O)C(=C(O)c3ccc(OCc4ccccc4C)cc3)C2c2ccc(O)c(OC)c2)nc1C. The number of benzene rings is 3. The summed E-state index contributed by atoms with van der Waals surface area (Å²) in [5, 5.41) is 21.8. The molecule has 1 saturated heterocycles. The molecule has 0 aliphatic carbocycles. The quantitative estimate of drug-likeness (QED) is 0.103. The van der Waals surface area contributed by atoms with E-state index in [4.69, 9.17) is 14.2 Å². The van der Waals surface area contributed by atoms with Gasteiger partial charge in [-0.05, 0) is 73.9 Å². The Hall–Kier alpha value is -5.16. The average Bonchev–Trinajstić information content (AvgIpc) is 3.53. The van der Waals surface area contributed by atoms with E-state index < -0.39 is 29.5 Å². The summed E-state index contributed by atoms with van der Waals surface area (Å²) in [4.78, 5) is 45.4. The fourth-order valence-corrected chi connectivity index (χ4v) is 5.87. The molecule has 0 saturated carbocycles. The van der Waals surface area contributed by atoms with Crippen molar-refractivity contribution in [3.63, 3.8) is 0 Å². The number of hydrogen-bond acceptors (Lipinski definition) is 10. The lowest BCUT2D eigenvalue weighted by Crippen LogP contribution is -2.29. The van der Waals surface area contributed by atoms with Gasteiger partial charge in [0, 0.05) is 5.56 Å². The lowest BCUT2D eigenvalue weighted by atomic mass is 9.95. The van der Waals surface area contributed by atoms with E-state index in [1.54, 1.807) is 38.1 Å². The maximum Gasteiger partial charge on any atom is 0.350 e. The van der Waals surface area contributed by atoms with Gasteiger partial charge in [0.05, 0.1) is 31.0 Å². The molecule has 226 valence electrons. The zero-order chi connectivity index (χ0) is 31.5. The van der Waals surface area contributed by atoms with Gasteiger partial charge in [0.1, 0.15) is 23.0 Å². The van der Waals surface area contributed by atoms with E-state index in [0.717, 1.165) is 27.4 Å². The number of anilines is 1. The second-order valence-electron chi connectivity index (χ2n) is 9.97. The second kappa shape index (κ2) is 12.6. The molecule has 1 aliphatic rings. The first-order valence-corrected chi connectivity index (χ1v) is 14.6. The summed E-state index contributed by atoms with van der Waals surface area (Å²) in [6.07, 6.45) is 0. The van der Waals surface area contributed by atoms with Crippen LogP contribution >= 0.6 is 11.3 Å². The van der Waals surface area contributed by atoms with Crippen LogP contribution in [0.1, 0.15) is 50.6 Å². The number of ether oxygens (including phenoxy) is 3. The summed E-state index contributed by atoms with van der Waals surface area (Å²) in [5.74, 6) is -2.38. The summed E-state index contributed by atoms with van der Waals surface area (Å²) < 4.78 is 16.3. The van der Waals surface area contributed by atoms with Crippen molar-refractivity contribution in [1.29, 1.82) is 0 Å². The molecule has 3 aromatic carbocycles. The van der Waals surface area contributed by atoms with Crippen molar-refractivity contribution in [1.82, 2.24) is 4.98 Å². The highest BCUT2D eigenvalue weighted by molar-refractivity contribution is 7.17. The van der Waals surface area contributed by atoms with Crippen molar-refractivity contribution in [2.75, 3.05) is 18.6 Å². The molecular formula is C33H30N2O8S. The van der Waals surface area contributed by atoms with Gasteiger partial charge in [-0.15, -0.1) is 0 Å². The Morgan fingerprint density at radius 2 is 1.77 bits per heavy atom. The minimum Gasteiger partial charge on any atom is -0.507 e. The van der Waals surface area contributed by atoms with Gasteiger partial charge < -0.3 is 24.4 Å². The number of nitrogens with zero attached hydrogens (tertiary/aromatic N) is 2. The number of hydrogen-bond donors (Lipinski definition) is 2. The van der Waals surface area contributed by atoms with Gasteiger partial charge in [0.15, 0.2) is 16.6 Å². The molecule has 1 fully saturated rings. The number of phenols is 1. The van der Waals surface area contributed by atoms with Crippen molar-refractivity contribution >= 4 is 39.9 Å². The minimum absolute atomic E-state index is 0.0729. The highest BCUT2D eigenvalue weighted by Crippen LogP contribution is 2.45. The third kappa shape index (κ3) is 5.73. The predicted octanol–water partition coefficient (Wildman–Crippen LogP) is 5.86. The highest BCUT2D eigenvalue weighted by Gasteiger charge is 2.48. The largest absolute Gasteiger partial charge is 0.507 e. The van der Waals surface area contributed by atoms with Crippen molar-refractivity contribution < 1.29 is 38.8 Å². The Morgan fingerprint density at radius 3 is 2.45 bits per heavy atom. The Bertz CT molecular complexity index is 1780. The Kier molecular flexibility index (Phi) is 8.68. The number of esters is 1. The number of ketones is 1. The molecule has 2 heterocycles. The predicted molar refractivity (Wildman–Crippen MR) is 164 cm³/mol. The van der Waals surface area contributed by atoms with Crippen LogP contribution in [0.15, 0.2) is 72.3 Å². The van der Waals surface area contributed by atoms with Gasteiger partial charge in [0.2, 0.25) is 0 Å². The van der Waals surface area contributed by atoms with Gasteiger partial charge >= 0.3 is 11.9 Å². The Morgan fingerprint density at radius 1 is 1.05 bits per heavy atom. The van der Waals surface area contributed by atoms with Crippen LogP contribution in [0.5, 0.6) is 17.2 Å². The van der Waals surface area contributed by atoms with E-state index in [1.165, 1.54) is 25.3 Å². The van der Waals surface area contributed by atoms with E-state index in [1.807, 2.05) is 31.2 Å². The first kappa shape index (κ1) is 30.3. The summed E-state index contributed by atoms with van der Waals surface area (Å²) in [6.45, 7) is 5.78. The number of methoxy groups -OCH3 is 1. The van der Waals surface area contributed by atoms with Gasteiger partial charge in [-0.2, -0.15) is 0 Å². The fraction of sp³-hybridized carbons (Fsp3) is 0.212. The van der Waals surface area contributed by atoms with Gasteiger partial charge in [-0.25, -0.2) is 9.78 Å². The number of aliphatic hydroxyl groups excluding tert-OH is 1. The summed E-state index contributed by atoms with van der Waals surface area (Å²) >= 11 is 0.904. The number of aliphatic hydroxyl groups is 1. The summed E-state index contributed by atoms with van der Waals surface area (Å²) in [6, 6.07) is 17.6. The molecule has 1 unspecified atom stereocenters. The van der Waals surface area contributed by atoms with Crippen molar-refractivity contribution in [2.45, 2.75) is 33.4 Å². The number of rotatable bonds is 9. The van der Waals surface area contributed by atoms with E-state index in [0.29, 0.717) is 23.6 Å². The average molecular weight is 615 g/mol. The lowest BCUT2D eigenvalue weighted by molar-refractivity contribution is -0.132. The number of carbonyl (C=O) groups excluding carboxylic acids is 3. The number of phenolic OH excluding ortho intramolecular Hbond substituents is 1. The van der Waals surface area contributed by atoms with Gasteiger partial charge in [-0.1, -0.05) is 41.7 Å². The van der Waals surface area contributed by atoms with Crippen LogP contribution in [0, 0.1) is 13.8 Å². The van der Waals surface area contributed by atoms with Crippen LogP contribution in [0.3, 0.4) is 0 Å². The highest BCUT2D eigenvalue weighted by atomic mass is 32.1. The topological polar surface area (TPSA) is 135 Å². The molecular weight excluding hydrogens is 584 g/mol. The fourth-order valence-electron chi connectivity index (χ4n) is 4.88. The normalized spacial score (nSPS) is 15.8. The van der Waals surface area contributed by atoms with E-state index >= 15 is 0 Å². The van der Waals surface area contributed by atoms with E-state index in [-0.39, 0.29) is 39.3 Å². The molecule has 5 rings (SSSR count). The molecule has 10 nitrogen and oxygen atoms in total. The van der Waals surface area contributed by atoms with Crippen molar-refractivity contribution in [3.8, 4) is 17.2 Å². The number of amides is 1. The molecule has 0 bridgehead atoms. The molecule has 44 heavy (non-hydrogen) atoms. The van der Waals surface area contributed by atoms with E-state index in [2.05, 4.69) is 4.98 Å². The van der Waals surface area contributed by atoms with Gasteiger partial charge in [0.25, 0.3) is 5.78 Å². The second-order valence-corrected chi connectivity index (χ2v) is 10.9. The van der Waals surface area contributed by atoms with Crippen LogP contribution in [0.2, 0.25) is 0 Å². The van der Waals surface area contributed by atoms with Crippen LogP contribution in [-0.4, -0.2) is 46.6 Å². The van der Waals surface area contributed by atoms with Crippen LogP contribution in [-0.2, 0) is 20.9 Å². The van der Waals surface area contributed by atoms with E-state index in [9.17, 15) is 24.6 Å². The third-order valence-corrected chi connectivity index (χ3v) is 8.34. The zero-order valence-electron chi connectivity index (χ0n) is 24.5.